The van der Waals surface area contributed by atoms with Crippen LogP contribution in [0.2, 0.25) is 0 Å². The molecule has 2 unspecified atom stereocenters. The summed E-state index contributed by atoms with van der Waals surface area (Å²) < 4.78 is 18.3. The molecule has 2 aromatic rings. The lowest BCUT2D eigenvalue weighted by molar-refractivity contribution is 0.276. The van der Waals surface area contributed by atoms with Crippen molar-refractivity contribution in [2.24, 2.45) is 5.73 Å². The molecule has 1 saturated carbocycles. The fraction of sp³-hybridized carbons (Fsp3) is 0.467. The van der Waals surface area contributed by atoms with Crippen molar-refractivity contribution in [2.75, 3.05) is 0 Å². The van der Waals surface area contributed by atoms with Gasteiger partial charge in [-0.1, -0.05) is 23.7 Å². The molecule has 20 heavy (non-hydrogen) atoms. The van der Waals surface area contributed by atoms with E-state index in [1.807, 2.05) is 0 Å². The lowest BCUT2D eigenvalue weighted by Crippen LogP contribution is -2.38. The second-order valence-electron chi connectivity index (χ2n) is 5.74. The summed E-state index contributed by atoms with van der Waals surface area (Å²) in [5.41, 5.74) is 6.90. The van der Waals surface area contributed by atoms with Gasteiger partial charge in [-0.25, -0.2) is 4.39 Å². The van der Waals surface area contributed by atoms with E-state index in [2.05, 4.69) is 17.1 Å². The van der Waals surface area contributed by atoms with E-state index in [9.17, 15) is 4.39 Å². The first kappa shape index (κ1) is 13.2. The zero-order chi connectivity index (χ0) is 14.2. The maximum Gasteiger partial charge on any atom is 0.234 e. The average molecular weight is 275 g/mol. The van der Waals surface area contributed by atoms with E-state index in [0.717, 1.165) is 24.8 Å². The van der Waals surface area contributed by atoms with E-state index in [4.69, 9.17) is 10.3 Å². The third-order valence-electron chi connectivity index (χ3n) is 4.26. The van der Waals surface area contributed by atoms with Crippen molar-refractivity contribution in [3.8, 4) is 0 Å². The Balaban J connectivity index is 1.78. The highest BCUT2D eigenvalue weighted by atomic mass is 19.1. The molecule has 0 amide bonds. The molecule has 0 saturated heterocycles. The van der Waals surface area contributed by atoms with Gasteiger partial charge in [0.1, 0.15) is 5.82 Å². The molecule has 1 aromatic heterocycles. The van der Waals surface area contributed by atoms with E-state index in [1.54, 1.807) is 12.1 Å². The van der Waals surface area contributed by atoms with Crippen LogP contribution in [0.15, 0.2) is 28.8 Å². The van der Waals surface area contributed by atoms with Crippen molar-refractivity contribution in [1.82, 2.24) is 10.1 Å². The number of aromatic nitrogens is 2. The molecule has 1 fully saturated rings. The second kappa shape index (κ2) is 4.98. The fourth-order valence-electron chi connectivity index (χ4n) is 2.80. The van der Waals surface area contributed by atoms with Crippen LogP contribution in [0.3, 0.4) is 0 Å². The zero-order valence-electron chi connectivity index (χ0n) is 11.5. The van der Waals surface area contributed by atoms with Gasteiger partial charge < -0.3 is 10.3 Å². The third kappa shape index (κ3) is 2.33. The molecule has 0 bridgehead atoms. The highest BCUT2D eigenvalue weighted by Gasteiger charge is 2.42. The molecule has 1 heterocycles. The standard InChI is InChI=1S/C15H18FN3O/c1-15(8-2-3-12(15)17)14-18-13(19-20-14)9-10-4-6-11(16)7-5-10/h4-7,12H,2-3,8-9,17H2,1H3. The molecule has 2 N–H and O–H groups in total. The maximum absolute atomic E-state index is 12.9. The van der Waals surface area contributed by atoms with Gasteiger partial charge in [-0.15, -0.1) is 0 Å². The first-order chi connectivity index (χ1) is 9.58. The SMILES string of the molecule is CC1(c2nc(Cc3ccc(F)cc3)no2)CCCC1N. The summed E-state index contributed by atoms with van der Waals surface area (Å²) >= 11 is 0. The topological polar surface area (TPSA) is 64.9 Å². The normalized spacial score (nSPS) is 26.1. The molecule has 1 aromatic carbocycles. The quantitative estimate of drug-likeness (QED) is 0.935. The monoisotopic (exact) mass is 275 g/mol. The minimum atomic E-state index is -0.244. The Kier molecular flexibility index (Phi) is 3.30. The Hall–Kier alpha value is -1.75. The second-order valence-corrected chi connectivity index (χ2v) is 5.74. The number of rotatable bonds is 3. The molecular weight excluding hydrogens is 257 g/mol. The van der Waals surface area contributed by atoms with Gasteiger partial charge in [-0.2, -0.15) is 4.98 Å². The van der Waals surface area contributed by atoms with Crippen molar-refractivity contribution >= 4 is 0 Å². The van der Waals surface area contributed by atoms with Gasteiger partial charge in [0, 0.05) is 12.5 Å². The van der Waals surface area contributed by atoms with Crippen LogP contribution in [0, 0.1) is 5.82 Å². The van der Waals surface area contributed by atoms with Crippen LogP contribution in [0.5, 0.6) is 0 Å². The highest BCUT2D eigenvalue weighted by Crippen LogP contribution is 2.38. The molecule has 2 atom stereocenters. The largest absolute Gasteiger partial charge is 0.339 e. The van der Waals surface area contributed by atoms with Crippen LogP contribution < -0.4 is 5.73 Å². The van der Waals surface area contributed by atoms with E-state index in [-0.39, 0.29) is 17.3 Å². The summed E-state index contributed by atoms with van der Waals surface area (Å²) in [6.07, 6.45) is 3.60. The first-order valence-corrected chi connectivity index (χ1v) is 6.91. The Morgan fingerprint density at radius 2 is 2.15 bits per heavy atom. The van der Waals surface area contributed by atoms with Gasteiger partial charge >= 0.3 is 0 Å². The van der Waals surface area contributed by atoms with Gasteiger partial charge in [0.05, 0.1) is 5.41 Å². The van der Waals surface area contributed by atoms with Crippen molar-refractivity contribution in [1.29, 1.82) is 0 Å². The minimum absolute atomic E-state index is 0.0709. The molecule has 1 aliphatic rings. The molecule has 0 aliphatic heterocycles. The van der Waals surface area contributed by atoms with Crippen LogP contribution >= 0.6 is 0 Å². The lowest BCUT2D eigenvalue weighted by atomic mass is 9.85. The number of hydrogen-bond donors (Lipinski definition) is 1. The number of halogens is 1. The molecule has 3 rings (SSSR count). The number of nitrogens with zero attached hydrogens (tertiary/aromatic N) is 2. The zero-order valence-corrected chi connectivity index (χ0v) is 11.5. The molecule has 4 nitrogen and oxygen atoms in total. The molecule has 106 valence electrons. The van der Waals surface area contributed by atoms with Crippen molar-refractivity contribution < 1.29 is 8.91 Å². The molecule has 5 heteroatoms. The van der Waals surface area contributed by atoms with Crippen molar-refractivity contribution in [3.05, 3.63) is 47.4 Å². The molecule has 0 spiro atoms. The van der Waals surface area contributed by atoms with Crippen LogP contribution in [0.1, 0.15) is 43.5 Å². The Bertz CT molecular complexity index is 595. The van der Waals surface area contributed by atoms with Gasteiger partial charge in [-0.05, 0) is 37.5 Å². The average Bonchev–Trinajstić information content (AvgIpc) is 3.02. The number of hydrogen-bond acceptors (Lipinski definition) is 4. The van der Waals surface area contributed by atoms with Crippen LogP contribution in [0.4, 0.5) is 4.39 Å². The Morgan fingerprint density at radius 3 is 2.80 bits per heavy atom. The Labute approximate surface area is 117 Å². The predicted molar refractivity (Wildman–Crippen MR) is 72.7 cm³/mol. The summed E-state index contributed by atoms with van der Waals surface area (Å²) in [6.45, 7) is 2.08. The molecule has 0 radical (unpaired) electrons. The minimum Gasteiger partial charge on any atom is -0.339 e. The lowest BCUT2D eigenvalue weighted by Gasteiger charge is -2.23. The summed E-state index contributed by atoms with van der Waals surface area (Å²) in [6, 6.07) is 6.40. The van der Waals surface area contributed by atoms with Gasteiger partial charge in [0.2, 0.25) is 5.89 Å². The third-order valence-corrected chi connectivity index (χ3v) is 4.26. The van der Waals surface area contributed by atoms with E-state index in [1.165, 1.54) is 12.1 Å². The maximum atomic E-state index is 12.9. The van der Waals surface area contributed by atoms with Crippen molar-refractivity contribution in [2.45, 2.75) is 44.1 Å². The molecule has 1 aliphatic carbocycles. The summed E-state index contributed by atoms with van der Waals surface area (Å²) in [5, 5.41) is 4.02. The molecular formula is C15H18FN3O. The van der Waals surface area contributed by atoms with Gasteiger partial charge in [0.25, 0.3) is 0 Å². The number of benzene rings is 1. The van der Waals surface area contributed by atoms with Crippen LogP contribution in [-0.2, 0) is 11.8 Å². The highest BCUT2D eigenvalue weighted by molar-refractivity contribution is 5.20. The number of nitrogens with two attached hydrogens (primary N) is 1. The van der Waals surface area contributed by atoms with Crippen molar-refractivity contribution in [3.63, 3.8) is 0 Å². The van der Waals surface area contributed by atoms with E-state index in [0.29, 0.717) is 18.1 Å². The summed E-state index contributed by atoms with van der Waals surface area (Å²) in [7, 11) is 0. The smallest absolute Gasteiger partial charge is 0.234 e. The summed E-state index contributed by atoms with van der Waals surface area (Å²) in [4.78, 5) is 4.48. The summed E-state index contributed by atoms with van der Waals surface area (Å²) in [5.74, 6) is 0.999. The van der Waals surface area contributed by atoms with Crippen LogP contribution in [-0.4, -0.2) is 16.2 Å². The van der Waals surface area contributed by atoms with Gasteiger partial charge in [-0.3, -0.25) is 0 Å². The predicted octanol–water partition coefficient (Wildman–Crippen LogP) is 2.57. The van der Waals surface area contributed by atoms with Gasteiger partial charge in [0.15, 0.2) is 5.82 Å². The van der Waals surface area contributed by atoms with E-state index < -0.39 is 0 Å². The first-order valence-electron chi connectivity index (χ1n) is 6.91. The Morgan fingerprint density at radius 1 is 1.40 bits per heavy atom. The van der Waals surface area contributed by atoms with E-state index >= 15 is 0 Å². The van der Waals surface area contributed by atoms with Crippen LogP contribution in [0.25, 0.3) is 0 Å². The fourth-order valence-corrected chi connectivity index (χ4v) is 2.80.